The van der Waals surface area contributed by atoms with Crippen molar-refractivity contribution in [3.05, 3.63) is 84.2 Å². The van der Waals surface area contributed by atoms with E-state index >= 15 is 0 Å². The first kappa shape index (κ1) is 17.8. The Balaban J connectivity index is 2.19. The predicted molar refractivity (Wildman–Crippen MR) is 105 cm³/mol. The van der Waals surface area contributed by atoms with Gasteiger partial charge >= 0.3 is 0 Å². The van der Waals surface area contributed by atoms with Crippen LogP contribution in [0.3, 0.4) is 0 Å². The van der Waals surface area contributed by atoms with Gasteiger partial charge in [0.05, 0.1) is 11.4 Å². The minimum absolute atomic E-state index is 0.212. The van der Waals surface area contributed by atoms with Crippen LogP contribution in [0.15, 0.2) is 78.5 Å². The summed E-state index contributed by atoms with van der Waals surface area (Å²) in [6.07, 6.45) is 7.82. The van der Waals surface area contributed by atoms with Gasteiger partial charge in [0, 0.05) is 40.3 Å². The zero-order valence-corrected chi connectivity index (χ0v) is 14.8. The van der Waals surface area contributed by atoms with Crippen LogP contribution in [-0.2, 0) is 0 Å². The van der Waals surface area contributed by atoms with Crippen LogP contribution in [-0.4, -0.2) is 15.0 Å². The Labute approximate surface area is 155 Å². The number of allylic oxidation sites excluding steroid dienone is 5. The van der Waals surface area contributed by atoms with Crippen molar-refractivity contribution in [2.45, 2.75) is 6.92 Å². The third-order valence-electron chi connectivity index (χ3n) is 3.63. The van der Waals surface area contributed by atoms with Gasteiger partial charge in [-0.15, -0.1) is 0 Å². The van der Waals surface area contributed by atoms with Gasteiger partial charge in [0.25, 0.3) is 0 Å². The van der Waals surface area contributed by atoms with Gasteiger partial charge in [-0.25, -0.2) is 14.4 Å². The second-order valence-corrected chi connectivity index (χ2v) is 5.92. The predicted octanol–water partition coefficient (Wildman–Crippen LogP) is 5.78. The van der Waals surface area contributed by atoms with Crippen molar-refractivity contribution >= 4 is 39.6 Å². The molecule has 0 spiro atoms. The molecule has 0 radical (unpaired) electrons. The largest absolute Gasteiger partial charge is 0.355 e. The van der Waals surface area contributed by atoms with Gasteiger partial charge in [0.1, 0.15) is 5.83 Å². The van der Waals surface area contributed by atoms with Crippen LogP contribution in [0, 0.1) is 0 Å². The van der Waals surface area contributed by atoms with Gasteiger partial charge in [-0.2, -0.15) is 0 Å². The highest BCUT2D eigenvalue weighted by molar-refractivity contribution is 6.31. The molecule has 0 saturated carbocycles. The van der Waals surface area contributed by atoms with Crippen molar-refractivity contribution in [3.8, 4) is 0 Å². The Morgan fingerprint density at radius 1 is 1.23 bits per heavy atom. The highest BCUT2D eigenvalue weighted by Gasteiger charge is 2.14. The molecular weight excluding hydrogens is 351 g/mol. The number of fused-ring (bicyclic) bond motifs is 1. The summed E-state index contributed by atoms with van der Waals surface area (Å²) in [5.74, 6) is -0.440. The molecule has 3 aromatic heterocycles. The van der Waals surface area contributed by atoms with E-state index < -0.39 is 5.83 Å². The Bertz CT molecular complexity index is 1010. The molecule has 6 heteroatoms. The molecule has 3 rings (SSSR count). The van der Waals surface area contributed by atoms with E-state index in [0.717, 1.165) is 16.8 Å². The normalized spacial score (nSPS) is 12.3. The van der Waals surface area contributed by atoms with Gasteiger partial charge in [-0.1, -0.05) is 24.3 Å². The van der Waals surface area contributed by atoms with E-state index in [0.29, 0.717) is 11.3 Å². The van der Waals surface area contributed by atoms with Crippen molar-refractivity contribution in [3.63, 3.8) is 0 Å². The van der Waals surface area contributed by atoms with Gasteiger partial charge in [-0.3, -0.25) is 4.98 Å². The zero-order valence-electron chi connectivity index (χ0n) is 14.1. The molecule has 0 aliphatic rings. The summed E-state index contributed by atoms with van der Waals surface area (Å²) in [6, 6.07) is 9.17. The molecule has 3 aromatic rings. The molecule has 26 heavy (non-hydrogen) atoms. The van der Waals surface area contributed by atoms with Crippen LogP contribution in [0.5, 0.6) is 0 Å². The van der Waals surface area contributed by atoms with Gasteiger partial charge < -0.3 is 5.32 Å². The first-order chi connectivity index (χ1) is 12.6. The number of nitrogens with zero attached hydrogens (tertiary/aromatic N) is 3. The van der Waals surface area contributed by atoms with Crippen molar-refractivity contribution in [1.82, 2.24) is 15.0 Å². The third-order valence-corrected chi connectivity index (χ3v) is 3.74. The minimum Gasteiger partial charge on any atom is -0.355 e. The van der Waals surface area contributed by atoms with Gasteiger partial charge in [0.15, 0.2) is 5.65 Å². The summed E-state index contributed by atoms with van der Waals surface area (Å²) in [5, 5.41) is 4.34. The number of hydrogen-bond acceptors (Lipinski definition) is 4. The molecule has 130 valence electrons. The van der Waals surface area contributed by atoms with Gasteiger partial charge in [0.2, 0.25) is 0 Å². The van der Waals surface area contributed by atoms with Crippen LogP contribution in [0.25, 0.3) is 16.6 Å². The fourth-order valence-corrected chi connectivity index (χ4v) is 2.58. The van der Waals surface area contributed by atoms with E-state index in [9.17, 15) is 4.39 Å². The molecule has 4 nitrogen and oxygen atoms in total. The molecule has 3 heterocycles. The van der Waals surface area contributed by atoms with Crippen LogP contribution in [0.4, 0.5) is 15.8 Å². The molecule has 0 aliphatic carbocycles. The number of nitrogens with one attached hydrogen (secondary N) is 1. The standard InChI is InChI=1S/C20H16ClFN4/c1-3-17(22)16(11-13(2)21)19-12-18(25-14-6-9-23-10-7-14)15-5-4-8-24-20(15)26-19/h3-12H,2H2,1H3,(H,23,24,25,26)/b16-11+,17-3+. The summed E-state index contributed by atoms with van der Waals surface area (Å²) >= 11 is 5.88. The van der Waals surface area contributed by atoms with E-state index in [1.807, 2.05) is 24.3 Å². The topological polar surface area (TPSA) is 50.7 Å². The van der Waals surface area contributed by atoms with Crippen molar-refractivity contribution in [2.75, 3.05) is 5.32 Å². The molecule has 1 N–H and O–H groups in total. The third kappa shape index (κ3) is 3.95. The average molecular weight is 367 g/mol. The van der Waals surface area contributed by atoms with E-state index in [1.165, 1.54) is 12.2 Å². The first-order valence-corrected chi connectivity index (χ1v) is 8.27. The van der Waals surface area contributed by atoms with Crippen LogP contribution in [0.2, 0.25) is 0 Å². The highest BCUT2D eigenvalue weighted by atomic mass is 35.5. The van der Waals surface area contributed by atoms with Crippen molar-refractivity contribution in [1.29, 1.82) is 0 Å². The average Bonchev–Trinajstić information content (AvgIpc) is 2.66. The summed E-state index contributed by atoms with van der Waals surface area (Å²) in [6.45, 7) is 5.23. The SMILES string of the molecule is C=C(Cl)/C=C(\C(F)=C/C)c1cc(Nc2ccncc2)c2cccnc2n1. The van der Waals surface area contributed by atoms with Gasteiger partial charge in [-0.05, 0) is 43.3 Å². The number of halogens is 2. The van der Waals surface area contributed by atoms with E-state index in [4.69, 9.17) is 11.6 Å². The lowest BCUT2D eigenvalue weighted by Gasteiger charge is -2.12. The molecule has 0 aromatic carbocycles. The number of pyridine rings is 3. The number of anilines is 2. The van der Waals surface area contributed by atoms with E-state index in [-0.39, 0.29) is 10.6 Å². The minimum atomic E-state index is -0.440. The van der Waals surface area contributed by atoms with Crippen LogP contribution >= 0.6 is 11.6 Å². The smallest absolute Gasteiger partial charge is 0.161 e. The van der Waals surface area contributed by atoms with E-state index in [2.05, 4.69) is 26.8 Å². The summed E-state index contributed by atoms with van der Waals surface area (Å²) < 4.78 is 14.4. The Hall–Kier alpha value is -3.05. The fourth-order valence-electron chi connectivity index (χ4n) is 2.47. The molecular formula is C20H16ClFN4. The molecule has 0 saturated heterocycles. The van der Waals surface area contributed by atoms with Crippen LogP contribution < -0.4 is 5.32 Å². The zero-order chi connectivity index (χ0) is 18.5. The molecule has 0 aliphatic heterocycles. The lowest BCUT2D eigenvalue weighted by molar-refractivity contribution is 0.671. The quantitative estimate of drug-likeness (QED) is 0.582. The molecule has 0 fully saturated rings. The maximum Gasteiger partial charge on any atom is 0.161 e. The lowest BCUT2D eigenvalue weighted by Crippen LogP contribution is -1.99. The molecule has 0 amide bonds. The molecule has 0 atom stereocenters. The van der Waals surface area contributed by atoms with Crippen molar-refractivity contribution < 1.29 is 4.39 Å². The van der Waals surface area contributed by atoms with Crippen molar-refractivity contribution in [2.24, 2.45) is 0 Å². The maximum absolute atomic E-state index is 14.4. The number of aromatic nitrogens is 3. The number of rotatable bonds is 5. The number of hydrogen-bond donors (Lipinski definition) is 1. The second-order valence-electron chi connectivity index (χ2n) is 5.43. The van der Waals surface area contributed by atoms with Crippen LogP contribution in [0.1, 0.15) is 12.6 Å². The maximum atomic E-state index is 14.4. The monoisotopic (exact) mass is 366 g/mol. The summed E-state index contributed by atoms with van der Waals surface area (Å²) in [4.78, 5) is 12.8. The Morgan fingerprint density at radius 2 is 2.00 bits per heavy atom. The summed E-state index contributed by atoms with van der Waals surface area (Å²) in [5.41, 5.74) is 2.75. The Morgan fingerprint density at radius 3 is 2.69 bits per heavy atom. The highest BCUT2D eigenvalue weighted by Crippen LogP contribution is 2.31. The van der Waals surface area contributed by atoms with E-state index in [1.54, 1.807) is 31.6 Å². The summed E-state index contributed by atoms with van der Waals surface area (Å²) in [7, 11) is 0. The second kappa shape index (κ2) is 7.89. The Kier molecular flexibility index (Phi) is 5.39. The molecule has 0 unspecified atom stereocenters. The molecule has 0 bridgehead atoms. The first-order valence-electron chi connectivity index (χ1n) is 7.90. The lowest BCUT2D eigenvalue weighted by atomic mass is 10.1. The fraction of sp³-hybridized carbons (Fsp3) is 0.0500.